The number of hydrogen-bond acceptors (Lipinski definition) is 3. The predicted octanol–water partition coefficient (Wildman–Crippen LogP) is 4.29. The average molecular weight is 376 g/mol. The summed E-state index contributed by atoms with van der Waals surface area (Å²) in [4.78, 5) is 23.4. The fraction of sp³-hybridized carbons (Fsp3) is 0.125. The van der Waals surface area contributed by atoms with Crippen molar-refractivity contribution >= 4 is 29.2 Å². The molecule has 0 spiro atoms. The number of rotatable bonds is 4. The van der Waals surface area contributed by atoms with Gasteiger partial charge in [-0.05, 0) is 42.5 Å². The van der Waals surface area contributed by atoms with Gasteiger partial charge in [0.25, 0.3) is 5.91 Å². The van der Waals surface area contributed by atoms with Crippen molar-refractivity contribution in [1.82, 2.24) is 0 Å². The van der Waals surface area contributed by atoms with E-state index in [1.807, 2.05) is 0 Å². The molecule has 0 unspecified atom stereocenters. The molecule has 0 atom stereocenters. The van der Waals surface area contributed by atoms with Crippen molar-refractivity contribution in [1.29, 1.82) is 0 Å². The Labute approximate surface area is 144 Å². The molecule has 0 saturated carbocycles. The molecule has 0 aliphatic carbocycles. The Morgan fingerprint density at radius 2 is 1.72 bits per heavy atom. The van der Waals surface area contributed by atoms with Crippen molar-refractivity contribution < 1.29 is 31.9 Å². The zero-order valence-corrected chi connectivity index (χ0v) is 13.1. The lowest BCUT2D eigenvalue weighted by molar-refractivity contribution is -0.137. The Balaban J connectivity index is 1.92. The summed E-state index contributed by atoms with van der Waals surface area (Å²) in [5.74, 6) is -2.29. The van der Waals surface area contributed by atoms with Gasteiger partial charge in [-0.15, -0.1) is 0 Å². The predicted molar refractivity (Wildman–Crippen MR) is 81.8 cm³/mol. The van der Waals surface area contributed by atoms with Crippen LogP contribution >= 0.6 is 11.6 Å². The third-order valence-corrected chi connectivity index (χ3v) is 3.30. The minimum atomic E-state index is -4.52. The molecule has 0 radical (unpaired) electrons. The van der Waals surface area contributed by atoms with Crippen LogP contribution in [0.25, 0.3) is 0 Å². The first-order valence-corrected chi connectivity index (χ1v) is 7.14. The first-order valence-electron chi connectivity index (χ1n) is 6.76. The van der Waals surface area contributed by atoms with Crippen LogP contribution in [-0.2, 0) is 15.7 Å². The van der Waals surface area contributed by atoms with Gasteiger partial charge >= 0.3 is 12.1 Å². The normalized spacial score (nSPS) is 11.1. The third-order valence-electron chi connectivity index (χ3n) is 2.99. The number of esters is 1. The quantitative estimate of drug-likeness (QED) is 0.640. The van der Waals surface area contributed by atoms with Gasteiger partial charge in [0, 0.05) is 0 Å². The van der Waals surface area contributed by atoms with Crippen molar-refractivity contribution in [2.75, 3.05) is 11.9 Å². The molecule has 2 rings (SSSR count). The fourth-order valence-electron chi connectivity index (χ4n) is 1.79. The zero-order chi connectivity index (χ0) is 18.6. The molecular formula is C16H10ClF4NO3. The monoisotopic (exact) mass is 375 g/mol. The van der Waals surface area contributed by atoms with Crippen LogP contribution in [0.15, 0.2) is 42.5 Å². The van der Waals surface area contributed by atoms with Gasteiger partial charge in [-0.1, -0.05) is 11.6 Å². The van der Waals surface area contributed by atoms with E-state index in [4.69, 9.17) is 16.3 Å². The molecule has 0 aliphatic rings. The number of carbonyl (C=O) groups excluding carboxylic acids is 2. The van der Waals surface area contributed by atoms with E-state index in [1.165, 1.54) is 6.07 Å². The first kappa shape index (κ1) is 18.7. The number of anilines is 1. The van der Waals surface area contributed by atoms with Crippen LogP contribution in [0.2, 0.25) is 5.02 Å². The van der Waals surface area contributed by atoms with Crippen LogP contribution < -0.4 is 5.32 Å². The Morgan fingerprint density at radius 1 is 1.08 bits per heavy atom. The number of hydrogen-bond donors (Lipinski definition) is 1. The maximum Gasteiger partial charge on any atom is 0.416 e. The van der Waals surface area contributed by atoms with E-state index < -0.39 is 36.0 Å². The van der Waals surface area contributed by atoms with Crippen LogP contribution in [0.5, 0.6) is 0 Å². The number of alkyl halides is 3. The fourth-order valence-corrected chi connectivity index (χ4v) is 2.00. The minimum Gasteiger partial charge on any atom is -0.452 e. The van der Waals surface area contributed by atoms with E-state index in [0.29, 0.717) is 0 Å². The molecule has 0 bridgehead atoms. The lowest BCUT2D eigenvalue weighted by atomic mass is 10.1. The second-order valence-electron chi connectivity index (χ2n) is 4.82. The summed E-state index contributed by atoms with van der Waals surface area (Å²) in [5, 5.41) is 2.27. The summed E-state index contributed by atoms with van der Waals surface area (Å²) in [6.45, 7) is -0.687. The van der Waals surface area contributed by atoms with E-state index in [-0.39, 0.29) is 16.3 Å². The summed E-state index contributed by atoms with van der Waals surface area (Å²) >= 11 is 5.73. The largest absolute Gasteiger partial charge is 0.452 e. The van der Waals surface area contributed by atoms with Crippen LogP contribution in [-0.4, -0.2) is 18.5 Å². The summed E-state index contributed by atoms with van der Waals surface area (Å²) < 4.78 is 54.9. The SMILES string of the molecule is O=C(COC(=O)c1ccc(C(F)(F)F)cc1)Nc1ccc(F)cc1Cl. The molecular weight excluding hydrogens is 366 g/mol. The van der Waals surface area contributed by atoms with Gasteiger partial charge in [0.05, 0.1) is 21.8 Å². The molecule has 1 N–H and O–H groups in total. The van der Waals surface area contributed by atoms with Gasteiger partial charge in [0.1, 0.15) is 5.82 Å². The molecule has 0 heterocycles. The first-order chi connectivity index (χ1) is 11.7. The summed E-state index contributed by atoms with van der Waals surface area (Å²) in [5.41, 5.74) is -0.924. The van der Waals surface area contributed by atoms with E-state index in [9.17, 15) is 27.2 Å². The van der Waals surface area contributed by atoms with E-state index in [1.54, 1.807) is 0 Å². The number of nitrogens with one attached hydrogen (secondary N) is 1. The minimum absolute atomic E-state index is 0.0394. The van der Waals surface area contributed by atoms with Gasteiger partial charge in [0.2, 0.25) is 0 Å². The highest BCUT2D eigenvalue weighted by Gasteiger charge is 2.30. The molecule has 0 aliphatic heterocycles. The zero-order valence-electron chi connectivity index (χ0n) is 12.4. The van der Waals surface area contributed by atoms with Crippen molar-refractivity contribution in [2.24, 2.45) is 0 Å². The van der Waals surface area contributed by atoms with Gasteiger partial charge in [-0.3, -0.25) is 4.79 Å². The van der Waals surface area contributed by atoms with Crippen LogP contribution in [0.1, 0.15) is 15.9 Å². The van der Waals surface area contributed by atoms with Crippen molar-refractivity contribution in [2.45, 2.75) is 6.18 Å². The van der Waals surface area contributed by atoms with E-state index in [0.717, 1.165) is 36.4 Å². The molecule has 0 saturated heterocycles. The van der Waals surface area contributed by atoms with Gasteiger partial charge in [0.15, 0.2) is 6.61 Å². The smallest absolute Gasteiger partial charge is 0.416 e. The highest BCUT2D eigenvalue weighted by molar-refractivity contribution is 6.33. The number of amides is 1. The highest BCUT2D eigenvalue weighted by Crippen LogP contribution is 2.29. The number of halogens is 5. The van der Waals surface area contributed by atoms with E-state index in [2.05, 4.69) is 5.32 Å². The topological polar surface area (TPSA) is 55.4 Å². The molecule has 9 heteroatoms. The summed E-state index contributed by atoms with van der Waals surface area (Å²) in [6.07, 6.45) is -4.52. The van der Waals surface area contributed by atoms with Crippen LogP contribution in [0.3, 0.4) is 0 Å². The highest BCUT2D eigenvalue weighted by atomic mass is 35.5. The molecule has 0 aromatic heterocycles. The van der Waals surface area contributed by atoms with Gasteiger partial charge in [-0.2, -0.15) is 13.2 Å². The molecule has 0 fully saturated rings. The molecule has 2 aromatic rings. The van der Waals surface area contributed by atoms with Crippen LogP contribution in [0, 0.1) is 5.82 Å². The Bertz CT molecular complexity index is 791. The molecule has 25 heavy (non-hydrogen) atoms. The Hall–Kier alpha value is -2.61. The van der Waals surface area contributed by atoms with Gasteiger partial charge < -0.3 is 10.1 Å². The lowest BCUT2D eigenvalue weighted by Gasteiger charge is -2.09. The number of ether oxygens (including phenoxy) is 1. The maximum absolute atomic E-state index is 12.9. The Morgan fingerprint density at radius 3 is 2.28 bits per heavy atom. The third kappa shape index (κ3) is 5.18. The maximum atomic E-state index is 12.9. The summed E-state index contributed by atoms with van der Waals surface area (Å²) in [7, 11) is 0. The van der Waals surface area contributed by atoms with Crippen molar-refractivity contribution in [3.8, 4) is 0 Å². The standard InChI is InChI=1S/C16H10ClF4NO3/c17-12-7-11(18)5-6-13(12)22-14(23)8-25-15(24)9-1-3-10(4-2-9)16(19,20)21/h1-7H,8H2,(H,22,23). The van der Waals surface area contributed by atoms with E-state index >= 15 is 0 Å². The lowest BCUT2D eigenvalue weighted by Crippen LogP contribution is -2.21. The average Bonchev–Trinajstić information content (AvgIpc) is 2.54. The molecule has 1 amide bonds. The van der Waals surface area contributed by atoms with Crippen molar-refractivity contribution in [3.63, 3.8) is 0 Å². The summed E-state index contributed by atoms with van der Waals surface area (Å²) in [6, 6.07) is 6.65. The molecule has 4 nitrogen and oxygen atoms in total. The Kier molecular flexibility index (Phi) is 5.63. The number of carbonyl (C=O) groups is 2. The molecule has 2 aromatic carbocycles. The van der Waals surface area contributed by atoms with Gasteiger partial charge in [-0.25, -0.2) is 9.18 Å². The second-order valence-corrected chi connectivity index (χ2v) is 5.23. The van der Waals surface area contributed by atoms with Crippen LogP contribution in [0.4, 0.5) is 23.2 Å². The molecule has 132 valence electrons. The second kappa shape index (κ2) is 7.52. The number of benzene rings is 2. The van der Waals surface area contributed by atoms with Crippen molar-refractivity contribution in [3.05, 3.63) is 64.4 Å².